The molecule has 140 valence electrons. The van der Waals surface area contributed by atoms with Gasteiger partial charge in [0, 0.05) is 0 Å². The number of carbonyl (C=O) groups is 1. The van der Waals surface area contributed by atoms with Gasteiger partial charge in [-0.15, -0.1) is 16.4 Å². The highest BCUT2D eigenvalue weighted by atomic mass is 35.5. The average molecular weight is 413 g/mol. The van der Waals surface area contributed by atoms with Gasteiger partial charge in [0.25, 0.3) is 0 Å². The molecule has 1 atom stereocenters. The molecule has 0 saturated carbocycles. The van der Waals surface area contributed by atoms with E-state index >= 15 is 0 Å². The zero-order chi connectivity index (χ0) is 19.8. The number of benzene rings is 1. The Morgan fingerprint density at radius 2 is 2.11 bits per heavy atom. The highest BCUT2D eigenvalue weighted by molar-refractivity contribution is 7.19. The van der Waals surface area contributed by atoms with Crippen molar-refractivity contribution >= 4 is 28.9 Å². The van der Waals surface area contributed by atoms with Gasteiger partial charge in [0.1, 0.15) is 11.6 Å². The van der Waals surface area contributed by atoms with Gasteiger partial charge < -0.3 is 15.2 Å². The molecule has 3 N–H and O–H groups in total. The van der Waals surface area contributed by atoms with Crippen LogP contribution >= 0.6 is 22.9 Å². The first-order chi connectivity index (χ1) is 13.5. The van der Waals surface area contributed by atoms with Crippen LogP contribution in [0.1, 0.15) is 27.4 Å². The summed E-state index contributed by atoms with van der Waals surface area (Å²) >= 11 is 7.46. The molecule has 2 aromatic heterocycles. The zero-order valence-corrected chi connectivity index (χ0v) is 16.1. The Bertz CT molecular complexity index is 1140. The lowest BCUT2D eigenvalue weighted by Gasteiger charge is -2.24. The molecule has 0 radical (unpaired) electrons. The summed E-state index contributed by atoms with van der Waals surface area (Å²) in [5.41, 5.74) is 8.81. The van der Waals surface area contributed by atoms with Gasteiger partial charge >= 0.3 is 5.97 Å². The molecular formula is C19H13ClN4O3S. The third-order valence-electron chi connectivity index (χ3n) is 4.42. The van der Waals surface area contributed by atoms with E-state index in [1.165, 1.54) is 18.4 Å². The number of halogens is 1. The number of allylic oxidation sites excluding steroid dienone is 1. The number of nitrogens with two attached hydrogens (primary N) is 1. The number of nitriles is 1. The molecule has 0 bridgehead atoms. The minimum Gasteiger partial charge on any atom is -0.465 e. The van der Waals surface area contributed by atoms with E-state index in [0.29, 0.717) is 27.0 Å². The number of aromatic amines is 1. The summed E-state index contributed by atoms with van der Waals surface area (Å²) in [5.74, 6) is -0.639. The van der Waals surface area contributed by atoms with Crippen molar-refractivity contribution in [3.63, 3.8) is 0 Å². The highest BCUT2D eigenvalue weighted by Gasteiger charge is 2.36. The summed E-state index contributed by atoms with van der Waals surface area (Å²) in [7, 11) is 1.32. The van der Waals surface area contributed by atoms with E-state index in [1.807, 2.05) is 6.07 Å². The number of rotatable bonds is 3. The monoisotopic (exact) mass is 412 g/mol. The summed E-state index contributed by atoms with van der Waals surface area (Å²) in [4.78, 5) is 12.6. The normalized spacial score (nSPS) is 15.5. The lowest BCUT2D eigenvalue weighted by molar-refractivity contribution is 0.0600. The molecule has 0 saturated heterocycles. The van der Waals surface area contributed by atoms with Crippen LogP contribution in [0.5, 0.6) is 5.88 Å². The van der Waals surface area contributed by atoms with Crippen LogP contribution in [-0.2, 0) is 4.74 Å². The summed E-state index contributed by atoms with van der Waals surface area (Å²) in [6.07, 6.45) is 0. The van der Waals surface area contributed by atoms with Crippen LogP contribution < -0.4 is 10.5 Å². The van der Waals surface area contributed by atoms with E-state index in [9.17, 15) is 10.1 Å². The molecule has 3 aromatic rings. The van der Waals surface area contributed by atoms with Gasteiger partial charge in [-0.05, 0) is 29.8 Å². The van der Waals surface area contributed by atoms with Crippen molar-refractivity contribution in [3.8, 4) is 22.5 Å². The third kappa shape index (κ3) is 2.91. The third-order valence-corrected chi connectivity index (χ3v) is 5.67. The molecular weight excluding hydrogens is 400 g/mol. The Balaban J connectivity index is 1.87. The number of ether oxygens (including phenoxy) is 2. The summed E-state index contributed by atoms with van der Waals surface area (Å²) < 4.78 is 10.9. The fraction of sp³-hybridized carbons (Fsp3) is 0.105. The Kier molecular flexibility index (Phi) is 4.55. The van der Waals surface area contributed by atoms with Crippen molar-refractivity contribution in [3.05, 3.63) is 68.9 Å². The van der Waals surface area contributed by atoms with Crippen LogP contribution in [0.3, 0.4) is 0 Å². The molecule has 7 nitrogen and oxygen atoms in total. The van der Waals surface area contributed by atoms with Crippen molar-refractivity contribution < 1.29 is 14.3 Å². The van der Waals surface area contributed by atoms with Crippen molar-refractivity contribution in [1.29, 1.82) is 5.26 Å². The first-order valence-electron chi connectivity index (χ1n) is 8.13. The molecule has 28 heavy (non-hydrogen) atoms. The predicted octanol–water partition coefficient (Wildman–Crippen LogP) is 3.80. The molecule has 0 fully saturated rings. The lowest BCUT2D eigenvalue weighted by atomic mass is 9.83. The van der Waals surface area contributed by atoms with E-state index in [0.717, 1.165) is 10.4 Å². The molecule has 9 heteroatoms. The van der Waals surface area contributed by atoms with Gasteiger partial charge in [0.15, 0.2) is 0 Å². The van der Waals surface area contributed by atoms with Crippen molar-refractivity contribution in [1.82, 2.24) is 10.2 Å². The molecule has 3 heterocycles. The molecule has 1 aromatic carbocycles. The number of fused-ring (bicyclic) bond motifs is 1. The number of hydrogen-bond donors (Lipinski definition) is 2. The van der Waals surface area contributed by atoms with E-state index in [1.54, 1.807) is 30.3 Å². The SMILES string of the molecule is COC(=O)c1ccc([C@@H]2C(C#N)=C(N)Oc3n[nH]c(-c4ccc(Cl)s4)c32)cc1. The largest absolute Gasteiger partial charge is 0.465 e. The van der Waals surface area contributed by atoms with Crippen molar-refractivity contribution in [2.45, 2.75) is 5.92 Å². The zero-order valence-electron chi connectivity index (χ0n) is 14.5. The molecule has 0 unspecified atom stereocenters. The van der Waals surface area contributed by atoms with Gasteiger partial charge in [0.05, 0.1) is 39.1 Å². The second-order valence-corrected chi connectivity index (χ2v) is 7.67. The fourth-order valence-electron chi connectivity index (χ4n) is 3.14. The van der Waals surface area contributed by atoms with Crippen LogP contribution in [0, 0.1) is 11.3 Å². The average Bonchev–Trinajstić information content (AvgIpc) is 3.32. The van der Waals surface area contributed by atoms with E-state index in [4.69, 9.17) is 26.8 Å². The quantitative estimate of drug-likeness (QED) is 0.632. The predicted molar refractivity (Wildman–Crippen MR) is 104 cm³/mol. The topological polar surface area (TPSA) is 114 Å². The minimum atomic E-state index is -0.505. The number of nitrogens with zero attached hydrogens (tertiary/aromatic N) is 2. The number of thiophene rings is 1. The summed E-state index contributed by atoms with van der Waals surface area (Å²) in [6.45, 7) is 0. The Morgan fingerprint density at radius 3 is 2.71 bits per heavy atom. The number of carbonyl (C=O) groups excluding carboxylic acids is 1. The molecule has 1 aliphatic rings. The Hall–Kier alpha value is -3.28. The van der Waals surface area contributed by atoms with Crippen LogP contribution in [-0.4, -0.2) is 23.3 Å². The number of H-pyrrole nitrogens is 1. The second kappa shape index (κ2) is 7.03. The maximum Gasteiger partial charge on any atom is 0.337 e. The Morgan fingerprint density at radius 1 is 1.36 bits per heavy atom. The standard InChI is InChI=1S/C19H13ClN4O3S/c1-26-19(25)10-4-2-9(3-5-10)14-11(8-21)17(22)27-18-15(14)16(23-24-18)12-6-7-13(20)28-12/h2-7,14H,22H2,1H3,(H,23,24)/t14-/m1/s1. The van der Waals surface area contributed by atoms with Crippen LogP contribution in [0.4, 0.5) is 0 Å². The maximum absolute atomic E-state index is 11.7. The summed E-state index contributed by atoms with van der Waals surface area (Å²) in [5, 5.41) is 16.9. The highest BCUT2D eigenvalue weighted by Crippen LogP contribution is 2.47. The van der Waals surface area contributed by atoms with Gasteiger partial charge in [-0.25, -0.2) is 4.79 Å². The minimum absolute atomic E-state index is 0.000642. The van der Waals surface area contributed by atoms with Gasteiger partial charge in [-0.3, -0.25) is 5.10 Å². The molecule has 0 amide bonds. The molecule has 4 rings (SSSR count). The van der Waals surface area contributed by atoms with Gasteiger partial charge in [-0.1, -0.05) is 23.7 Å². The van der Waals surface area contributed by atoms with Crippen molar-refractivity contribution in [2.24, 2.45) is 5.73 Å². The van der Waals surface area contributed by atoms with Crippen LogP contribution in [0.25, 0.3) is 10.6 Å². The second-order valence-electron chi connectivity index (χ2n) is 5.96. The number of esters is 1. The van der Waals surface area contributed by atoms with E-state index in [-0.39, 0.29) is 11.5 Å². The van der Waals surface area contributed by atoms with Crippen LogP contribution in [0.15, 0.2) is 47.9 Å². The van der Waals surface area contributed by atoms with Gasteiger partial charge in [0.2, 0.25) is 11.8 Å². The maximum atomic E-state index is 11.7. The first kappa shape index (κ1) is 18.1. The molecule has 0 spiro atoms. The number of hydrogen-bond acceptors (Lipinski definition) is 7. The van der Waals surface area contributed by atoms with Gasteiger partial charge in [-0.2, -0.15) is 5.26 Å². The fourth-order valence-corrected chi connectivity index (χ4v) is 4.20. The lowest BCUT2D eigenvalue weighted by Crippen LogP contribution is -2.21. The number of methoxy groups -OCH3 is 1. The number of nitrogens with one attached hydrogen (secondary N) is 1. The smallest absolute Gasteiger partial charge is 0.337 e. The Labute approximate surface area is 169 Å². The molecule has 1 aliphatic heterocycles. The van der Waals surface area contributed by atoms with E-state index in [2.05, 4.69) is 16.3 Å². The summed E-state index contributed by atoms with van der Waals surface area (Å²) in [6, 6.07) is 12.6. The van der Waals surface area contributed by atoms with Crippen molar-refractivity contribution in [2.75, 3.05) is 7.11 Å². The number of aromatic nitrogens is 2. The van der Waals surface area contributed by atoms with E-state index < -0.39 is 11.9 Å². The van der Waals surface area contributed by atoms with Crippen LogP contribution in [0.2, 0.25) is 4.34 Å². The molecule has 0 aliphatic carbocycles. The first-order valence-corrected chi connectivity index (χ1v) is 9.32.